The van der Waals surface area contributed by atoms with Crippen LogP contribution in [0.4, 0.5) is 0 Å². The molecular formula is C22H30N4O3S. The Morgan fingerprint density at radius 1 is 1.07 bits per heavy atom. The summed E-state index contributed by atoms with van der Waals surface area (Å²) in [6.07, 6.45) is 0. The van der Waals surface area contributed by atoms with Gasteiger partial charge >= 0.3 is 0 Å². The van der Waals surface area contributed by atoms with Crippen LogP contribution in [-0.2, 0) is 11.3 Å². The molecule has 0 spiro atoms. The van der Waals surface area contributed by atoms with Gasteiger partial charge in [-0.05, 0) is 24.3 Å². The Kier molecular flexibility index (Phi) is 9.86. The van der Waals surface area contributed by atoms with Gasteiger partial charge < -0.3 is 25.0 Å². The Balaban J connectivity index is 1.99. The van der Waals surface area contributed by atoms with Crippen LogP contribution in [0, 0.1) is 0 Å². The van der Waals surface area contributed by atoms with Gasteiger partial charge in [0.05, 0.1) is 27.3 Å². The predicted molar refractivity (Wildman–Crippen MR) is 123 cm³/mol. The third-order valence-electron chi connectivity index (χ3n) is 4.21. The average molecular weight is 431 g/mol. The van der Waals surface area contributed by atoms with Crippen molar-refractivity contribution in [3.63, 3.8) is 0 Å². The Labute approximate surface area is 182 Å². The molecule has 0 saturated heterocycles. The number of amides is 1. The zero-order valence-electron chi connectivity index (χ0n) is 18.0. The van der Waals surface area contributed by atoms with Gasteiger partial charge in [0, 0.05) is 42.9 Å². The summed E-state index contributed by atoms with van der Waals surface area (Å²) in [4.78, 5) is 19.3. The SMILES string of the molecule is COc1ccc(CN=C(NCCSc2ccccc2)NCC(=O)N(C)C)c(OC)c1. The predicted octanol–water partition coefficient (Wildman–Crippen LogP) is 2.62. The normalized spacial score (nSPS) is 11.0. The maximum absolute atomic E-state index is 12.0. The molecule has 30 heavy (non-hydrogen) atoms. The molecule has 0 aliphatic rings. The van der Waals surface area contributed by atoms with Crippen molar-refractivity contribution in [2.75, 3.05) is 47.2 Å². The topological polar surface area (TPSA) is 75.2 Å². The number of hydrogen-bond donors (Lipinski definition) is 2. The first kappa shape index (κ1) is 23.4. The summed E-state index contributed by atoms with van der Waals surface area (Å²) >= 11 is 1.76. The van der Waals surface area contributed by atoms with E-state index in [9.17, 15) is 4.79 Å². The van der Waals surface area contributed by atoms with Crippen LogP contribution in [0.5, 0.6) is 11.5 Å². The minimum Gasteiger partial charge on any atom is -0.497 e. The molecule has 2 N–H and O–H groups in total. The van der Waals surface area contributed by atoms with Crippen molar-refractivity contribution in [2.45, 2.75) is 11.4 Å². The lowest BCUT2D eigenvalue weighted by molar-refractivity contribution is -0.127. The van der Waals surface area contributed by atoms with Crippen molar-refractivity contribution in [1.29, 1.82) is 0 Å². The van der Waals surface area contributed by atoms with Crippen molar-refractivity contribution in [3.05, 3.63) is 54.1 Å². The molecule has 0 radical (unpaired) electrons. The van der Waals surface area contributed by atoms with E-state index in [4.69, 9.17) is 9.47 Å². The van der Waals surface area contributed by atoms with Crippen molar-refractivity contribution in [1.82, 2.24) is 15.5 Å². The molecule has 0 saturated carbocycles. The Bertz CT molecular complexity index is 828. The number of carbonyl (C=O) groups excluding carboxylic acids is 1. The van der Waals surface area contributed by atoms with Gasteiger partial charge in [-0.25, -0.2) is 4.99 Å². The Morgan fingerprint density at radius 2 is 1.83 bits per heavy atom. The standard InChI is InChI=1S/C22H30N4O3S/c1-26(2)21(27)16-25-22(23-12-13-30-19-8-6-5-7-9-19)24-15-17-10-11-18(28-3)14-20(17)29-4/h5-11,14H,12-13,15-16H2,1-4H3,(H2,23,24,25). The second kappa shape index (κ2) is 12.6. The number of nitrogens with one attached hydrogen (secondary N) is 2. The molecule has 0 bridgehead atoms. The summed E-state index contributed by atoms with van der Waals surface area (Å²) in [6.45, 7) is 1.29. The van der Waals surface area contributed by atoms with Crippen LogP contribution in [0.1, 0.15) is 5.56 Å². The maximum atomic E-state index is 12.0. The zero-order valence-corrected chi connectivity index (χ0v) is 18.8. The summed E-state index contributed by atoms with van der Waals surface area (Å²) < 4.78 is 10.7. The number of guanidine groups is 1. The number of aliphatic imine (C=N–C) groups is 1. The number of likely N-dealkylation sites (N-methyl/N-ethyl adjacent to an activating group) is 1. The molecule has 0 aliphatic carbocycles. The molecule has 2 aromatic carbocycles. The van der Waals surface area contributed by atoms with Gasteiger partial charge in [-0.2, -0.15) is 0 Å². The van der Waals surface area contributed by atoms with Crippen molar-refractivity contribution >= 4 is 23.6 Å². The maximum Gasteiger partial charge on any atom is 0.241 e. The van der Waals surface area contributed by atoms with Crippen LogP contribution in [0.15, 0.2) is 58.4 Å². The molecule has 0 aromatic heterocycles. The number of rotatable bonds is 10. The third kappa shape index (κ3) is 7.87. The molecule has 0 atom stereocenters. The molecular weight excluding hydrogens is 400 g/mol. The van der Waals surface area contributed by atoms with E-state index in [0.29, 0.717) is 24.8 Å². The molecule has 1 amide bonds. The fourth-order valence-corrected chi connectivity index (χ4v) is 3.28. The van der Waals surface area contributed by atoms with Gasteiger partial charge in [-0.15, -0.1) is 11.8 Å². The van der Waals surface area contributed by atoms with Crippen molar-refractivity contribution < 1.29 is 14.3 Å². The van der Waals surface area contributed by atoms with Crippen LogP contribution >= 0.6 is 11.8 Å². The van der Waals surface area contributed by atoms with Gasteiger partial charge in [0.2, 0.25) is 5.91 Å². The van der Waals surface area contributed by atoms with Gasteiger partial charge in [-0.1, -0.05) is 18.2 Å². The van der Waals surface area contributed by atoms with E-state index in [1.807, 2.05) is 36.4 Å². The molecule has 0 heterocycles. The molecule has 2 aromatic rings. The van der Waals surface area contributed by atoms with Crippen LogP contribution in [0.3, 0.4) is 0 Å². The highest BCUT2D eigenvalue weighted by Crippen LogP contribution is 2.25. The number of thioether (sulfide) groups is 1. The van der Waals surface area contributed by atoms with E-state index in [2.05, 4.69) is 27.8 Å². The van der Waals surface area contributed by atoms with E-state index in [1.54, 1.807) is 45.0 Å². The molecule has 8 heteroatoms. The number of ether oxygens (including phenoxy) is 2. The van der Waals surface area contributed by atoms with Gasteiger partial charge in [0.15, 0.2) is 5.96 Å². The highest BCUT2D eigenvalue weighted by atomic mass is 32.2. The highest BCUT2D eigenvalue weighted by Gasteiger charge is 2.08. The van der Waals surface area contributed by atoms with E-state index in [1.165, 1.54) is 4.90 Å². The summed E-state index contributed by atoms with van der Waals surface area (Å²) in [5, 5.41) is 6.40. The number of methoxy groups -OCH3 is 2. The average Bonchev–Trinajstić information content (AvgIpc) is 2.78. The molecule has 2 rings (SSSR count). The molecule has 162 valence electrons. The summed E-state index contributed by atoms with van der Waals surface area (Å²) in [5.74, 6) is 2.87. The van der Waals surface area contributed by atoms with Gasteiger partial charge in [0.1, 0.15) is 11.5 Å². The van der Waals surface area contributed by atoms with Crippen LogP contribution in [0.25, 0.3) is 0 Å². The minimum absolute atomic E-state index is 0.0230. The summed E-state index contributed by atoms with van der Waals surface area (Å²) in [5.41, 5.74) is 0.928. The molecule has 0 unspecified atom stereocenters. The smallest absolute Gasteiger partial charge is 0.241 e. The molecule has 0 fully saturated rings. The number of nitrogens with zero attached hydrogens (tertiary/aromatic N) is 2. The first-order valence-corrected chi connectivity index (χ1v) is 10.6. The lowest BCUT2D eigenvalue weighted by Gasteiger charge is -2.15. The Hall–Kier alpha value is -2.87. The van der Waals surface area contributed by atoms with Gasteiger partial charge in [0.25, 0.3) is 0 Å². The fraction of sp³-hybridized carbons (Fsp3) is 0.364. The molecule has 7 nitrogen and oxygen atoms in total. The largest absolute Gasteiger partial charge is 0.497 e. The van der Waals surface area contributed by atoms with Crippen LogP contribution in [0.2, 0.25) is 0 Å². The van der Waals surface area contributed by atoms with E-state index >= 15 is 0 Å². The first-order valence-electron chi connectivity index (χ1n) is 9.64. The second-order valence-electron chi connectivity index (χ2n) is 6.57. The van der Waals surface area contributed by atoms with E-state index < -0.39 is 0 Å². The van der Waals surface area contributed by atoms with Crippen molar-refractivity contribution in [2.24, 2.45) is 4.99 Å². The quantitative estimate of drug-likeness (QED) is 0.261. The number of hydrogen-bond acceptors (Lipinski definition) is 5. The lowest BCUT2D eigenvalue weighted by atomic mass is 10.2. The monoisotopic (exact) mass is 430 g/mol. The van der Waals surface area contributed by atoms with Gasteiger partial charge in [-0.3, -0.25) is 4.79 Å². The zero-order chi connectivity index (χ0) is 21.8. The fourth-order valence-electron chi connectivity index (χ4n) is 2.49. The summed E-state index contributed by atoms with van der Waals surface area (Å²) in [6, 6.07) is 15.9. The highest BCUT2D eigenvalue weighted by molar-refractivity contribution is 7.99. The van der Waals surface area contributed by atoms with Crippen LogP contribution < -0.4 is 20.1 Å². The lowest BCUT2D eigenvalue weighted by Crippen LogP contribution is -2.43. The van der Waals surface area contributed by atoms with Crippen molar-refractivity contribution in [3.8, 4) is 11.5 Å². The third-order valence-corrected chi connectivity index (χ3v) is 5.23. The Morgan fingerprint density at radius 3 is 2.50 bits per heavy atom. The number of benzene rings is 2. The molecule has 0 aliphatic heterocycles. The summed E-state index contributed by atoms with van der Waals surface area (Å²) in [7, 11) is 6.70. The minimum atomic E-state index is -0.0230. The first-order chi connectivity index (χ1) is 14.5. The number of carbonyl (C=O) groups is 1. The van der Waals surface area contributed by atoms with E-state index in [-0.39, 0.29) is 12.5 Å². The van der Waals surface area contributed by atoms with Crippen LogP contribution in [-0.4, -0.2) is 63.9 Å². The second-order valence-corrected chi connectivity index (χ2v) is 7.74. The van der Waals surface area contributed by atoms with E-state index in [0.717, 1.165) is 17.1 Å².